The van der Waals surface area contributed by atoms with Gasteiger partial charge in [-0.1, -0.05) is 117 Å². The van der Waals surface area contributed by atoms with E-state index in [0.717, 1.165) is 12.8 Å². The van der Waals surface area contributed by atoms with Gasteiger partial charge in [-0.25, -0.2) is 9.59 Å². The number of carbonyl (C=O) groups is 2. The summed E-state index contributed by atoms with van der Waals surface area (Å²) in [6, 6.07) is 6.60. The molecule has 1 aromatic carbocycles. The second kappa shape index (κ2) is 17.6. The lowest BCUT2D eigenvalue weighted by atomic mass is 9.90. The molecule has 0 N–H and O–H groups in total. The molecule has 0 heterocycles. The summed E-state index contributed by atoms with van der Waals surface area (Å²) in [6.07, 6.45) is 17.9. The molecule has 0 saturated carbocycles. The Balaban J connectivity index is 2.12. The molecule has 0 spiro atoms. The van der Waals surface area contributed by atoms with E-state index < -0.39 is 5.97 Å². The topological polar surface area (TPSA) is 52.6 Å². The van der Waals surface area contributed by atoms with E-state index in [9.17, 15) is 9.59 Å². The highest BCUT2D eigenvalue weighted by Crippen LogP contribution is 2.23. The fourth-order valence-electron chi connectivity index (χ4n) is 3.72. The summed E-state index contributed by atoms with van der Waals surface area (Å²) in [5, 5.41) is 0. The summed E-state index contributed by atoms with van der Waals surface area (Å²) >= 11 is 0. The largest absolute Gasteiger partial charge is 0.462 e. The van der Waals surface area contributed by atoms with Crippen molar-refractivity contribution < 1.29 is 19.1 Å². The third kappa shape index (κ3) is 13.8. The first-order valence-electron chi connectivity index (χ1n) is 13.7. The third-order valence-electron chi connectivity index (χ3n) is 6.57. The fraction of sp³-hybridized carbons (Fsp3) is 0.733. The SMILES string of the molecule is CCCCCCCCCCCCCCCCOC(=O)c1cccc(C(=O)OC(C)C(C)(C)C)c1. The van der Waals surface area contributed by atoms with Crippen LogP contribution in [0.15, 0.2) is 24.3 Å². The third-order valence-corrected chi connectivity index (χ3v) is 6.57. The van der Waals surface area contributed by atoms with Crippen LogP contribution in [0.3, 0.4) is 0 Å². The molecule has 0 aliphatic heterocycles. The first-order valence-corrected chi connectivity index (χ1v) is 13.7. The van der Waals surface area contributed by atoms with E-state index in [1.54, 1.807) is 24.3 Å². The van der Waals surface area contributed by atoms with E-state index in [4.69, 9.17) is 9.47 Å². The lowest BCUT2D eigenvalue weighted by molar-refractivity contribution is 0.00479. The Morgan fingerprint density at radius 3 is 1.65 bits per heavy atom. The number of rotatable bonds is 18. The van der Waals surface area contributed by atoms with Crippen LogP contribution in [0.4, 0.5) is 0 Å². The molecular formula is C30H50O4. The van der Waals surface area contributed by atoms with Crippen LogP contribution in [0.2, 0.25) is 0 Å². The number of ether oxygens (including phenoxy) is 2. The van der Waals surface area contributed by atoms with Crippen LogP contribution in [0.1, 0.15) is 145 Å². The minimum atomic E-state index is -0.413. The molecule has 0 saturated heterocycles. The molecule has 34 heavy (non-hydrogen) atoms. The van der Waals surface area contributed by atoms with Crippen LogP contribution in [0, 0.1) is 5.41 Å². The lowest BCUT2D eigenvalue weighted by Crippen LogP contribution is -2.28. The smallest absolute Gasteiger partial charge is 0.338 e. The maximum absolute atomic E-state index is 12.4. The molecule has 1 unspecified atom stereocenters. The van der Waals surface area contributed by atoms with Crippen molar-refractivity contribution in [3.8, 4) is 0 Å². The standard InChI is InChI=1S/C30H50O4/c1-6-7-8-9-10-11-12-13-14-15-16-17-18-19-23-33-28(31)26-21-20-22-27(24-26)29(32)34-25(2)30(3,4)5/h20-22,24-25H,6-19,23H2,1-5H3. The van der Waals surface area contributed by atoms with Crippen molar-refractivity contribution in [2.24, 2.45) is 5.41 Å². The Morgan fingerprint density at radius 2 is 1.18 bits per heavy atom. The average Bonchev–Trinajstić information content (AvgIpc) is 2.80. The summed E-state index contributed by atoms with van der Waals surface area (Å²) in [6.45, 7) is 10.6. The van der Waals surface area contributed by atoms with Gasteiger partial charge >= 0.3 is 11.9 Å². The molecule has 194 valence electrons. The Bertz CT molecular complexity index is 689. The quantitative estimate of drug-likeness (QED) is 0.157. The Kier molecular flexibility index (Phi) is 15.6. The number of hydrogen-bond donors (Lipinski definition) is 0. The van der Waals surface area contributed by atoms with Crippen molar-refractivity contribution in [1.29, 1.82) is 0 Å². The Hall–Kier alpha value is -1.84. The van der Waals surface area contributed by atoms with E-state index in [1.807, 2.05) is 27.7 Å². The number of hydrogen-bond acceptors (Lipinski definition) is 4. The number of esters is 2. The number of benzene rings is 1. The lowest BCUT2D eigenvalue weighted by Gasteiger charge is -2.26. The summed E-state index contributed by atoms with van der Waals surface area (Å²) in [4.78, 5) is 24.8. The molecule has 0 radical (unpaired) electrons. The molecular weight excluding hydrogens is 424 g/mol. The molecule has 0 bridgehead atoms. The van der Waals surface area contributed by atoms with Gasteiger partial charge in [0.1, 0.15) is 6.10 Å². The van der Waals surface area contributed by atoms with Crippen molar-refractivity contribution in [1.82, 2.24) is 0 Å². The summed E-state index contributed by atoms with van der Waals surface area (Å²) in [5.41, 5.74) is 0.630. The van der Waals surface area contributed by atoms with Crippen molar-refractivity contribution in [3.63, 3.8) is 0 Å². The highest BCUT2D eigenvalue weighted by atomic mass is 16.5. The van der Waals surface area contributed by atoms with Gasteiger partial charge in [-0.3, -0.25) is 0 Å². The van der Waals surface area contributed by atoms with Crippen LogP contribution in [0.5, 0.6) is 0 Å². The van der Waals surface area contributed by atoms with Gasteiger partial charge in [-0.05, 0) is 37.0 Å². The van der Waals surface area contributed by atoms with Gasteiger partial charge in [0.2, 0.25) is 0 Å². The molecule has 0 fully saturated rings. The van der Waals surface area contributed by atoms with Gasteiger partial charge in [0.25, 0.3) is 0 Å². The second-order valence-corrected chi connectivity index (χ2v) is 10.7. The van der Waals surface area contributed by atoms with E-state index in [2.05, 4.69) is 6.92 Å². The second-order valence-electron chi connectivity index (χ2n) is 10.7. The van der Waals surface area contributed by atoms with Crippen molar-refractivity contribution >= 4 is 11.9 Å². The number of unbranched alkanes of at least 4 members (excludes halogenated alkanes) is 13. The van der Waals surface area contributed by atoms with Crippen molar-refractivity contribution in [2.75, 3.05) is 6.61 Å². The predicted octanol–water partition coefficient (Wildman–Crippen LogP) is 8.92. The van der Waals surface area contributed by atoms with Crippen molar-refractivity contribution in [3.05, 3.63) is 35.4 Å². The Labute approximate surface area is 209 Å². The molecule has 0 aliphatic rings. The fourth-order valence-corrected chi connectivity index (χ4v) is 3.72. The van der Waals surface area contributed by atoms with Gasteiger partial charge in [-0.2, -0.15) is 0 Å². The van der Waals surface area contributed by atoms with Gasteiger partial charge in [0.05, 0.1) is 17.7 Å². The summed E-state index contributed by atoms with van der Waals surface area (Å²) in [7, 11) is 0. The molecule has 0 aromatic heterocycles. The van der Waals surface area contributed by atoms with Crippen LogP contribution in [-0.2, 0) is 9.47 Å². The Morgan fingerprint density at radius 1 is 0.735 bits per heavy atom. The summed E-state index contributed by atoms with van der Waals surface area (Å²) < 4.78 is 10.9. The van der Waals surface area contributed by atoms with Crippen molar-refractivity contribution in [2.45, 2.75) is 131 Å². The number of carbonyl (C=O) groups excluding carboxylic acids is 2. The van der Waals surface area contributed by atoms with E-state index in [1.165, 1.54) is 77.0 Å². The summed E-state index contributed by atoms with van der Waals surface area (Å²) in [5.74, 6) is -0.794. The maximum atomic E-state index is 12.4. The van der Waals surface area contributed by atoms with E-state index in [0.29, 0.717) is 17.7 Å². The molecule has 4 nitrogen and oxygen atoms in total. The van der Waals surface area contributed by atoms with Crippen LogP contribution < -0.4 is 0 Å². The molecule has 1 atom stereocenters. The zero-order valence-corrected chi connectivity index (χ0v) is 22.6. The molecule has 0 amide bonds. The minimum Gasteiger partial charge on any atom is -0.462 e. The van der Waals surface area contributed by atoms with E-state index in [-0.39, 0.29) is 17.5 Å². The zero-order valence-electron chi connectivity index (χ0n) is 22.6. The van der Waals surface area contributed by atoms with Gasteiger partial charge in [-0.15, -0.1) is 0 Å². The maximum Gasteiger partial charge on any atom is 0.338 e. The molecule has 1 aromatic rings. The van der Waals surface area contributed by atoms with Crippen LogP contribution in [-0.4, -0.2) is 24.6 Å². The monoisotopic (exact) mass is 474 g/mol. The molecule has 0 aliphatic carbocycles. The van der Waals surface area contributed by atoms with Crippen LogP contribution in [0.25, 0.3) is 0 Å². The first-order chi connectivity index (χ1) is 16.3. The molecule has 1 rings (SSSR count). The van der Waals surface area contributed by atoms with Crippen LogP contribution >= 0.6 is 0 Å². The molecule has 4 heteroatoms. The highest BCUT2D eigenvalue weighted by molar-refractivity contribution is 5.95. The van der Waals surface area contributed by atoms with Gasteiger partial charge in [0, 0.05) is 0 Å². The first kappa shape index (κ1) is 30.2. The normalized spacial score (nSPS) is 12.4. The van der Waals surface area contributed by atoms with E-state index >= 15 is 0 Å². The predicted molar refractivity (Wildman–Crippen MR) is 141 cm³/mol. The van der Waals surface area contributed by atoms with Gasteiger partial charge < -0.3 is 9.47 Å². The minimum absolute atomic E-state index is 0.139. The highest BCUT2D eigenvalue weighted by Gasteiger charge is 2.24. The van der Waals surface area contributed by atoms with Gasteiger partial charge in [0.15, 0.2) is 0 Å². The average molecular weight is 475 g/mol. The zero-order chi connectivity index (χ0) is 25.2.